The lowest BCUT2D eigenvalue weighted by molar-refractivity contribution is -0.385. The van der Waals surface area contributed by atoms with E-state index in [0.29, 0.717) is 11.5 Å². The number of thiophene rings is 1. The second-order valence-corrected chi connectivity index (χ2v) is 6.20. The highest BCUT2D eigenvalue weighted by molar-refractivity contribution is 7.12. The highest BCUT2D eigenvalue weighted by atomic mass is 32.1. The maximum absolute atomic E-state index is 10.8. The van der Waals surface area contributed by atoms with Crippen LogP contribution in [-0.2, 0) is 6.42 Å². The van der Waals surface area contributed by atoms with Crippen LogP contribution in [0.15, 0.2) is 18.2 Å². The third kappa shape index (κ3) is 3.39. The van der Waals surface area contributed by atoms with Crippen LogP contribution >= 0.6 is 11.3 Å². The van der Waals surface area contributed by atoms with Crippen LogP contribution in [0.4, 0.5) is 11.5 Å². The number of aryl methyl sites for hydroxylation is 3. The van der Waals surface area contributed by atoms with Gasteiger partial charge in [-0.2, -0.15) is 0 Å². The molecule has 0 aliphatic carbocycles. The molecule has 2 heterocycles. The van der Waals surface area contributed by atoms with E-state index in [1.807, 2.05) is 0 Å². The number of rotatable bonds is 5. The molecule has 2 aromatic heterocycles. The number of nitrogens with one attached hydrogen (secondary N) is 1. The average molecular weight is 305 g/mol. The van der Waals surface area contributed by atoms with Crippen molar-refractivity contribution in [2.45, 2.75) is 40.2 Å². The molecule has 0 spiro atoms. The topological polar surface area (TPSA) is 68.1 Å². The lowest BCUT2D eigenvalue weighted by atomic mass is 10.2. The predicted molar refractivity (Wildman–Crippen MR) is 86.1 cm³/mol. The summed E-state index contributed by atoms with van der Waals surface area (Å²) < 4.78 is 0. The number of aromatic nitrogens is 1. The number of anilines is 1. The van der Waals surface area contributed by atoms with Gasteiger partial charge in [0, 0.05) is 15.8 Å². The van der Waals surface area contributed by atoms with Crippen LogP contribution < -0.4 is 5.32 Å². The Hall–Kier alpha value is -1.95. The van der Waals surface area contributed by atoms with Gasteiger partial charge in [-0.3, -0.25) is 10.1 Å². The number of nitro groups is 1. The molecule has 0 aromatic carbocycles. The first kappa shape index (κ1) is 15.4. The average Bonchev–Trinajstić information content (AvgIpc) is 2.79. The van der Waals surface area contributed by atoms with E-state index in [9.17, 15) is 10.1 Å². The zero-order chi connectivity index (χ0) is 15.6. The molecule has 0 aliphatic heterocycles. The number of nitrogens with zero attached hydrogens (tertiary/aromatic N) is 2. The number of pyridine rings is 1. The van der Waals surface area contributed by atoms with Crippen molar-refractivity contribution in [3.05, 3.63) is 49.3 Å². The van der Waals surface area contributed by atoms with E-state index < -0.39 is 4.92 Å². The molecule has 0 fully saturated rings. The fourth-order valence-electron chi connectivity index (χ4n) is 2.23. The Morgan fingerprint density at radius 1 is 1.43 bits per heavy atom. The number of hydrogen-bond acceptors (Lipinski definition) is 5. The maximum atomic E-state index is 10.8. The molecule has 21 heavy (non-hydrogen) atoms. The smallest absolute Gasteiger partial charge is 0.290 e. The van der Waals surface area contributed by atoms with Crippen molar-refractivity contribution in [2.24, 2.45) is 0 Å². The largest absolute Gasteiger partial charge is 0.363 e. The molecule has 0 amide bonds. The second-order valence-electron chi connectivity index (χ2n) is 5.03. The lowest BCUT2D eigenvalue weighted by Crippen LogP contribution is -2.07. The Morgan fingerprint density at radius 2 is 2.14 bits per heavy atom. The molecular weight excluding hydrogens is 286 g/mol. The van der Waals surface area contributed by atoms with E-state index in [4.69, 9.17) is 0 Å². The van der Waals surface area contributed by atoms with Gasteiger partial charge in [0.05, 0.1) is 11.0 Å². The highest BCUT2D eigenvalue weighted by Gasteiger charge is 2.15. The molecule has 0 saturated carbocycles. The quantitative estimate of drug-likeness (QED) is 0.656. The van der Waals surface area contributed by atoms with E-state index in [-0.39, 0.29) is 11.7 Å². The first-order valence-electron chi connectivity index (χ1n) is 6.90. The van der Waals surface area contributed by atoms with Gasteiger partial charge in [0.25, 0.3) is 5.69 Å². The Bertz CT molecular complexity index is 667. The standard InChI is InChI=1S/C15H19N3O2S/c1-5-13-9(2)8-14(21-13)11(4)17-15-7-6-12(18(19)20)10(3)16-15/h6-8,11H,5H2,1-4H3,(H,16,17). The van der Waals surface area contributed by atoms with Crippen molar-refractivity contribution in [3.8, 4) is 0 Å². The van der Waals surface area contributed by atoms with E-state index in [0.717, 1.165) is 6.42 Å². The zero-order valence-electron chi connectivity index (χ0n) is 12.6. The van der Waals surface area contributed by atoms with Gasteiger partial charge < -0.3 is 5.32 Å². The molecule has 0 saturated heterocycles. The van der Waals surface area contributed by atoms with Crippen LogP contribution in [0.2, 0.25) is 0 Å². The molecule has 1 unspecified atom stereocenters. The Labute approximate surface area is 128 Å². The van der Waals surface area contributed by atoms with Crippen molar-refractivity contribution in [1.29, 1.82) is 0 Å². The second kappa shape index (κ2) is 6.22. The molecule has 2 rings (SSSR count). The van der Waals surface area contributed by atoms with E-state index in [2.05, 4.69) is 37.1 Å². The van der Waals surface area contributed by atoms with Gasteiger partial charge in [-0.15, -0.1) is 11.3 Å². The lowest BCUT2D eigenvalue weighted by Gasteiger charge is -2.13. The van der Waals surface area contributed by atoms with E-state index in [1.165, 1.54) is 21.4 Å². The Balaban J connectivity index is 2.17. The summed E-state index contributed by atoms with van der Waals surface area (Å²) in [5.41, 5.74) is 1.79. The third-order valence-corrected chi connectivity index (χ3v) is 4.97. The fourth-order valence-corrected chi connectivity index (χ4v) is 3.35. The molecular formula is C15H19N3O2S. The zero-order valence-corrected chi connectivity index (χ0v) is 13.5. The first-order valence-corrected chi connectivity index (χ1v) is 7.71. The first-order chi connectivity index (χ1) is 9.92. The van der Waals surface area contributed by atoms with Gasteiger partial charge in [0.2, 0.25) is 0 Å². The van der Waals surface area contributed by atoms with Crippen LogP contribution in [0.25, 0.3) is 0 Å². The molecule has 6 heteroatoms. The van der Waals surface area contributed by atoms with Crippen molar-refractivity contribution in [2.75, 3.05) is 5.32 Å². The van der Waals surface area contributed by atoms with Crippen LogP contribution in [0, 0.1) is 24.0 Å². The van der Waals surface area contributed by atoms with Crippen LogP contribution in [0.5, 0.6) is 0 Å². The minimum absolute atomic E-state index is 0.0495. The molecule has 1 N–H and O–H groups in total. The molecule has 112 valence electrons. The van der Waals surface area contributed by atoms with Crippen LogP contribution in [0.1, 0.15) is 40.9 Å². The summed E-state index contributed by atoms with van der Waals surface area (Å²) in [6, 6.07) is 5.47. The molecule has 1 atom stereocenters. The minimum atomic E-state index is -0.411. The molecule has 0 aliphatic rings. The monoisotopic (exact) mass is 305 g/mol. The highest BCUT2D eigenvalue weighted by Crippen LogP contribution is 2.29. The van der Waals surface area contributed by atoms with E-state index >= 15 is 0 Å². The van der Waals surface area contributed by atoms with Crippen LogP contribution in [0.3, 0.4) is 0 Å². The number of hydrogen-bond donors (Lipinski definition) is 1. The summed E-state index contributed by atoms with van der Waals surface area (Å²) in [5.74, 6) is 0.662. The van der Waals surface area contributed by atoms with Crippen molar-refractivity contribution in [3.63, 3.8) is 0 Å². The normalized spacial score (nSPS) is 12.2. The van der Waals surface area contributed by atoms with E-state index in [1.54, 1.807) is 24.3 Å². The van der Waals surface area contributed by atoms with Crippen molar-refractivity contribution >= 4 is 22.8 Å². The third-order valence-electron chi connectivity index (χ3n) is 3.41. The summed E-state index contributed by atoms with van der Waals surface area (Å²) in [6.07, 6.45) is 1.04. The molecule has 2 aromatic rings. The summed E-state index contributed by atoms with van der Waals surface area (Å²) >= 11 is 1.80. The Morgan fingerprint density at radius 3 is 2.67 bits per heavy atom. The van der Waals surface area contributed by atoms with Crippen molar-refractivity contribution < 1.29 is 4.92 Å². The van der Waals surface area contributed by atoms with Gasteiger partial charge in [0.1, 0.15) is 11.5 Å². The maximum Gasteiger partial charge on any atom is 0.290 e. The van der Waals surface area contributed by atoms with Gasteiger partial charge >= 0.3 is 0 Å². The van der Waals surface area contributed by atoms with Crippen molar-refractivity contribution in [1.82, 2.24) is 4.98 Å². The molecule has 5 nitrogen and oxygen atoms in total. The predicted octanol–water partition coefficient (Wildman–Crippen LogP) is 4.40. The SMILES string of the molecule is CCc1sc(C(C)Nc2ccc([N+](=O)[O-])c(C)n2)cc1C. The van der Waals surface area contributed by atoms with Gasteiger partial charge in [-0.05, 0) is 44.9 Å². The summed E-state index contributed by atoms with van der Waals surface area (Å²) in [7, 11) is 0. The summed E-state index contributed by atoms with van der Waals surface area (Å²) in [6.45, 7) is 8.00. The fraction of sp³-hybridized carbons (Fsp3) is 0.400. The van der Waals surface area contributed by atoms with Crippen LogP contribution in [-0.4, -0.2) is 9.91 Å². The van der Waals surface area contributed by atoms with Gasteiger partial charge in [0.15, 0.2) is 0 Å². The summed E-state index contributed by atoms with van der Waals surface area (Å²) in [5, 5.41) is 14.1. The van der Waals surface area contributed by atoms with Gasteiger partial charge in [-0.25, -0.2) is 4.98 Å². The minimum Gasteiger partial charge on any atom is -0.363 e. The molecule has 0 bridgehead atoms. The van der Waals surface area contributed by atoms with Gasteiger partial charge in [-0.1, -0.05) is 6.92 Å². The summed E-state index contributed by atoms with van der Waals surface area (Å²) in [4.78, 5) is 17.3. The Kier molecular flexibility index (Phi) is 4.57. The molecule has 0 radical (unpaired) electrons.